The van der Waals surface area contributed by atoms with Gasteiger partial charge in [-0.2, -0.15) is 0 Å². The van der Waals surface area contributed by atoms with Gasteiger partial charge in [-0.15, -0.1) is 11.8 Å². The van der Waals surface area contributed by atoms with Crippen molar-refractivity contribution in [3.63, 3.8) is 0 Å². The number of hydrogen-bond acceptors (Lipinski definition) is 6. The third-order valence-electron chi connectivity index (χ3n) is 5.66. The molecule has 0 unspecified atom stereocenters. The number of benzene rings is 4. The van der Waals surface area contributed by atoms with Crippen LogP contribution in [0.15, 0.2) is 118 Å². The molecule has 0 radical (unpaired) electrons. The minimum Gasteiger partial charge on any atom is -0.322 e. The van der Waals surface area contributed by atoms with Crippen molar-refractivity contribution in [1.29, 1.82) is 0 Å². The van der Waals surface area contributed by atoms with E-state index in [0.29, 0.717) is 22.6 Å². The summed E-state index contributed by atoms with van der Waals surface area (Å²) < 4.78 is 54.8. The SMILES string of the molecule is CSc1ccc(S(=O)(=O)N(C)c2ccc(C(=O)Nc3ccc(S(=O)(=O)Nc4ccccc4)cc3)cc2)cc1. The highest BCUT2D eigenvalue weighted by Crippen LogP contribution is 2.25. The Morgan fingerprint density at radius 3 is 1.87 bits per heavy atom. The monoisotopic (exact) mass is 567 g/mol. The number of para-hydroxylation sites is 1. The molecule has 0 aliphatic carbocycles. The largest absolute Gasteiger partial charge is 0.322 e. The van der Waals surface area contributed by atoms with E-state index in [1.54, 1.807) is 66.7 Å². The van der Waals surface area contributed by atoms with Crippen LogP contribution in [0, 0.1) is 0 Å². The maximum Gasteiger partial charge on any atom is 0.264 e. The Hall–Kier alpha value is -3.80. The Labute approximate surface area is 226 Å². The summed E-state index contributed by atoms with van der Waals surface area (Å²) in [5.74, 6) is -0.423. The summed E-state index contributed by atoms with van der Waals surface area (Å²) in [5, 5.41) is 2.71. The fourth-order valence-electron chi connectivity index (χ4n) is 3.51. The van der Waals surface area contributed by atoms with Crippen LogP contribution in [0.5, 0.6) is 0 Å². The van der Waals surface area contributed by atoms with Crippen LogP contribution in [0.25, 0.3) is 0 Å². The first kappa shape index (κ1) is 27.2. The third kappa shape index (κ3) is 6.18. The van der Waals surface area contributed by atoms with Crippen LogP contribution >= 0.6 is 11.8 Å². The molecule has 1 amide bonds. The van der Waals surface area contributed by atoms with E-state index in [0.717, 1.165) is 9.20 Å². The highest BCUT2D eigenvalue weighted by molar-refractivity contribution is 7.98. The average molecular weight is 568 g/mol. The lowest BCUT2D eigenvalue weighted by Gasteiger charge is -2.20. The summed E-state index contributed by atoms with van der Waals surface area (Å²) in [4.78, 5) is 13.9. The van der Waals surface area contributed by atoms with Crippen molar-refractivity contribution in [2.75, 3.05) is 27.6 Å². The number of amides is 1. The maximum absolute atomic E-state index is 13.0. The van der Waals surface area contributed by atoms with E-state index in [2.05, 4.69) is 10.0 Å². The second kappa shape index (κ2) is 11.3. The molecular formula is C27H25N3O5S3. The van der Waals surface area contributed by atoms with E-state index in [1.807, 2.05) is 6.26 Å². The highest BCUT2D eigenvalue weighted by atomic mass is 32.2. The van der Waals surface area contributed by atoms with Gasteiger partial charge in [0.25, 0.3) is 26.0 Å². The molecule has 38 heavy (non-hydrogen) atoms. The highest BCUT2D eigenvalue weighted by Gasteiger charge is 2.21. The Balaban J connectivity index is 1.42. The molecule has 4 aromatic carbocycles. The quantitative estimate of drug-likeness (QED) is 0.266. The van der Waals surface area contributed by atoms with Gasteiger partial charge in [0.2, 0.25) is 0 Å². The standard InChI is InChI=1S/C27H25N3O5S3/c1-30(38(34,35)26-18-14-24(36-2)15-19-26)23-12-8-20(9-13-23)27(31)28-21-10-16-25(17-11-21)37(32,33)29-22-6-4-3-5-7-22/h3-19,29H,1-2H3,(H,28,31). The maximum atomic E-state index is 13.0. The molecule has 8 nitrogen and oxygen atoms in total. The molecule has 0 spiro atoms. The Morgan fingerprint density at radius 1 is 0.711 bits per heavy atom. The molecule has 0 saturated carbocycles. The molecule has 4 aromatic rings. The van der Waals surface area contributed by atoms with Crippen LogP contribution in [0.1, 0.15) is 10.4 Å². The van der Waals surface area contributed by atoms with Crippen LogP contribution < -0.4 is 14.3 Å². The zero-order valence-electron chi connectivity index (χ0n) is 20.5. The third-order valence-corrected chi connectivity index (χ3v) is 9.60. The number of carbonyl (C=O) groups is 1. The van der Waals surface area contributed by atoms with Crippen molar-refractivity contribution in [2.45, 2.75) is 14.7 Å². The Kier molecular flexibility index (Phi) is 8.10. The number of nitrogens with one attached hydrogen (secondary N) is 2. The van der Waals surface area contributed by atoms with Crippen molar-refractivity contribution < 1.29 is 21.6 Å². The molecule has 0 fully saturated rings. The summed E-state index contributed by atoms with van der Waals surface area (Å²) in [6.45, 7) is 0. The molecular weight excluding hydrogens is 543 g/mol. The predicted octanol–water partition coefficient (Wildman–Crippen LogP) is 5.29. The van der Waals surface area contributed by atoms with Crippen molar-refractivity contribution in [3.8, 4) is 0 Å². The molecule has 196 valence electrons. The van der Waals surface area contributed by atoms with Gasteiger partial charge in [-0.3, -0.25) is 13.8 Å². The lowest BCUT2D eigenvalue weighted by atomic mass is 10.2. The number of nitrogens with zero attached hydrogens (tertiary/aromatic N) is 1. The van der Waals surface area contributed by atoms with E-state index in [9.17, 15) is 21.6 Å². The van der Waals surface area contributed by atoms with E-state index in [1.165, 1.54) is 55.2 Å². The van der Waals surface area contributed by atoms with Crippen LogP contribution in [0.4, 0.5) is 17.1 Å². The fraction of sp³-hybridized carbons (Fsp3) is 0.0741. The van der Waals surface area contributed by atoms with E-state index in [-0.39, 0.29) is 9.79 Å². The molecule has 0 saturated heterocycles. The number of hydrogen-bond donors (Lipinski definition) is 2. The molecule has 0 bridgehead atoms. The van der Waals surface area contributed by atoms with Crippen molar-refractivity contribution in [1.82, 2.24) is 0 Å². The number of anilines is 3. The summed E-state index contributed by atoms with van der Waals surface area (Å²) in [7, 11) is -6.09. The van der Waals surface area contributed by atoms with E-state index in [4.69, 9.17) is 0 Å². The first-order valence-electron chi connectivity index (χ1n) is 11.3. The normalized spacial score (nSPS) is 11.5. The number of carbonyl (C=O) groups excluding carboxylic acids is 1. The minimum absolute atomic E-state index is 0.0519. The van der Waals surface area contributed by atoms with Crippen LogP contribution in [0.2, 0.25) is 0 Å². The molecule has 0 heterocycles. The summed E-state index contributed by atoms with van der Waals surface area (Å²) in [6, 6.07) is 27.1. The number of thioether (sulfide) groups is 1. The number of rotatable bonds is 9. The first-order valence-corrected chi connectivity index (χ1v) is 15.5. The Morgan fingerprint density at radius 2 is 1.29 bits per heavy atom. The van der Waals surface area contributed by atoms with Gasteiger partial charge in [-0.05, 0) is 91.2 Å². The summed E-state index contributed by atoms with van der Waals surface area (Å²) in [6.07, 6.45) is 1.91. The minimum atomic E-state index is -3.78. The van der Waals surface area contributed by atoms with Gasteiger partial charge in [0.15, 0.2) is 0 Å². The summed E-state index contributed by atoms with van der Waals surface area (Å²) in [5.41, 5.74) is 1.56. The fourth-order valence-corrected chi connectivity index (χ4v) is 6.17. The zero-order valence-corrected chi connectivity index (χ0v) is 23.0. The van der Waals surface area contributed by atoms with Crippen LogP contribution in [-0.2, 0) is 20.0 Å². The van der Waals surface area contributed by atoms with Gasteiger partial charge in [0.05, 0.1) is 15.5 Å². The molecule has 0 aromatic heterocycles. The van der Waals surface area contributed by atoms with Gasteiger partial charge in [0, 0.05) is 28.9 Å². The second-order valence-electron chi connectivity index (χ2n) is 8.14. The number of sulfonamides is 2. The summed E-state index contributed by atoms with van der Waals surface area (Å²) >= 11 is 1.52. The van der Waals surface area contributed by atoms with Gasteiger partial charge in [-0.1, -0.05) is 18.2 Å². The topological polar surface area (TPSA) is 113 Å². The van der Waals surface area contributed by atoms with E-state index >= 15 is 0 Å². The molecule has 0 atom stereocenters. The van der Waals surface area contributed by atoms with Crippen LogP contribution in [0.3, 0.4) is 0 Å². The van der Waals surface area contributed by atoms with Crippen molar-refractivity contribution >= 4 is 54.8 Å². The molecule has 2 N–H and O–H groups in total. The van der Waals surface area contributed by atoms with Gasteiger partial charge in [0.1, 0.15) is 0 Å². The molecule has 0 aliphatic rings. The zero-order chi connectivity index (χ0) is 27.3. The smallest absolute Gasteiger partial charge is 0.264 e. The van der Waals surface area contributed by atoms with Gasteiger partial charge in [-0.25, -0.2) is 16.8 Å². The average Bonchev–Trinajstić information content (AvgIpc) is 2.93. The molecule has 4 rings (SSSR count). The van der Waals surface area contributed by atoms with Crippen molar-refractivity contribution in [3.05, 3.63) is 109 Å². The van der Waals surface area contributed by atoms with Gasteiger partial charge < -0.3 is 5.32 Å². The first-order chi connectivity index (χ1) is 18.1. The Bertz CT molecular complexity index is 1620. The lowest BCUT2D eigenvalue weighted by molar-refractivity contribution is 0.102. The van der Waals surface area contributed by atoms with Gasteiger partial charge >= 0.3 is 0 Å². The second-order valence-corrected chi connectivity index (χ2v) is 12.7. The molecule has 0 aliphatic heterocycles. The predicted molar refractivity (Wildman–Crippen MR) is 152 cm³/mol. The van der Waals surface area contributed by atoms with Crippen LogP contribution in [-0.4, -0.2) is 36.0 Å². The lowest BCUT2D eigenvalue weighted by Crippen LogP contribution is -2.26. The van der Waals surface area contributed by atoms with Crippen molar-refractivity contribution in [2.24, 2.45) is 0 Å². The van der Waals surface area contributed by atoms with E-state index < -0.39 is 26.0 Å². The molecule has 11 heteroatoms.